The van der Waals surface area contributed by atoms with Crippen molar-refractivity contribution in [2.45, 2.75) is 13.3 Å². The summed E-state index contributed by atoms with van der Waals surface area (Å²) in [5.41, 5.74) is 1.52. The Balaban J connectivity index is 1.31. The van der Waals surface area contributed by atoms with Crippen molar-refractivity contribution in [3.8, 4) is 0 Å². The Morgan fingerprint density at radius 2 is 2.00 bits per heavy atom. The van der Waals surface area contributed by atoms with Gasteiger partial charge < -0.3 is 9.80 Å². The van der Waals surface area contributed by atoms with E-state index < -0.39 is 0 Å². The van der Waals surface area contributed by atoms with Crippen LogP contribution in [0.2, 0.25) is 0 Å². The van der Waals surface area contributed by atoms with Gasteiger partial charge in [-0.25, -0.2) is 19.2 Å². The first-order valence-corrected chi connectivity index (χ1v) is 10.3. The number of carbonyl (C=O) groups is 1. The Morgan fingerprint density at radius 1 is 1.17 bits per heavy atom. The van der Waals surface area contributed by atoms with E-state index in [9.17, 15) is 9.18 Å². The van der Waals surface area contributed by atoms with E-state index in [2.05, 4.69) is 20.2 Å². The summed E-state index contributed by atoms with van der Waals surface area (Å²) >= 11 is 1.41. The molecule has 1 aliphatic heterocycles. The molecule has 1 fully saturated rings. The number of aromatic nitrogens is 2. The van der Waals surface area contributed by atoms with Crippen LogP contribution in [-0.2, 0) is 6.42 Å². The molecule has 1 N–H and O–H groups in total. The second-order valence-corrected chi connectivity index (χ2v) is 8.10. The number of aryl methyl sites for hydroxylation is 1. The minimum atomic E-state index is -0.203. The monoisotopic (exact) mass is 411 g/mol. The number of amides is 2. The number of hydrogen-bond donors (Lipinski definition) is 1. The van der Waals surface area contributed by atoms with E-state index in [4.69, 9.17) is 0 Å². The van der Waals surface area contributed by atoms with Gasteiger partial charge in [0.15, 0.2) is 5.13 Å². The summed E-state index contributed by atoms with van der Waals surface area (Å²) in [5.74, 6) is 0.732. The van der Waals surface area contributed by atoms with Gasteiger partial charge in [0.25, 0.3) is 0 Å². The van der Waals surface area contributed by atoms with E-state index in [0.717, 1.165) is 29.3 Å². The maximum atomic E-state index is 13.7. The first-order chi connectivity index (χ1) is 14.1. The molecule has 0 unspecified atom stereocenters. The summed E-state index contributed by atoms with van der Waals surface area (Å²) in [6.45, 7) is 4.49. The van der Waals surface area contributed by atoms with Crippen molar-refractivity contribution in [3.05, 3.63) is 70.6 Å². The number of benzene rings is 1. The van der Waals surface area contributed by atoms with E-state index in [-0.39, 0.29) is 11.8 Å². The Kier molecular flexibility index (Phi) is 5.71. The molecule has 4 rings (SSSR count). The average Bonchev–Trinajstić information content (AvgIpc) is 3.18. The molecule has 1 aliphatic rings. The van der Waals surface area contributed by atoms with E-state index in [0.29, 0.717) is 30.2 Å². The summed E-state index contributed by atoms with van der Waals surface area (Å²) in [6, 6.07) is 10.9. The molecule has 2 aromatic heterocycles. The Hall–Kier alpha value is -3.00. The third-order valence-corrected chi connectivity index (χ3v) is 5.83. The van der Waals surface area contributed by atoms with E-state index >= 15 is 0 Å². The van der Waals surface area contributed by atoms with E-state index in [1.807, 2.05) is 24.3 Å². The van der Waals surface area contributed by atoms with Gasteiger partial charge in [-0.3, -0.25) is 5.32 Å². The zero-order chi connectivity index (χ0) is 20.2. The highest BCUT2D eigenvalue weighted by molar-refractivity contribution is 7.15. The van der Waals surface area contributed by atoms with Crippen LogP contribution in [0, 0.1) is 12.7 Å². The van der Waals surface area contributed by atoms with Crippen LogP contribution in [0.4, 0.5) is 20.1 Å². The lowest BCUT2D eigenvalue weighted by Crippen LogP contribution is -2.50. The largest absolute Gasteiger partial charge is 0.353 e. The van der Waals surface area contributed by atoms with Crippen LogP contribution >= 0.6 is 11.3 Å². The number of rotatable bonds is 4. The molecule has 150 valence electrons. The number of carbonyl (C=O) groups excluding carboxylic acids is 1. The summed E-state index contributed by atoms with van der Waals surface area (Å²) in [7, 11) is 0. The number of nitrogens with zero attached hydrogens (tertiary/aromatic N) is 4. The summed E-state index contributed by atoms with van der Waals surface area (Å²) in [5, 5.41) is 3.44. The maximum absolute atomic E-state index is 13.7. The predicted molar refractivity (Wildman–Crippen MR) is 113 cm³/mol. The SMILES string of the molecule is Cc1ccc(Cc2cnc(NC(=O)N3CCN(c4ccccn4)CC3)s2)cc1F. The molecule has 29 heavy (non-hydrogen) atoms. The highest BCUT2D eigenvalue weighted by Crippen LogP contribution is 2.23. The molecule has 6 nitrogen and oxygen atoms in total. The minimum absolute atomic E-state index is 0.145. The Labute approximate surface area is 173 Å². The van der Waals surface area contributed by atoms with Crippen molar-refractivity contribution in [1.82, 2.24) is 14.9 Å². The van der Waals surface area contributed by atoms with Gasteiger partial charge in [0.2, 0.25) is 0 Å². The molecule has 2 amide bonds. The number of nitrogens with one attached hydrogen (secondary N) is 1. The van der Waals surface area contributed by atoms with Gasteiger partial charge in [-0.05, 0) is 36.2 Å². The molecule has 1 aromatic carbocycles. The Morgan fingerprint density at radius 3 is 2.72 bits per heavy atom. The van der Waals surface area contributed by atoms with Crippen LogP contribution in [0.5, 0.6) is 0 Å². The first kappa shape index (κ1) is 19.3. The van der Waals surface area contributed by atoms with E-state index in [1.165, 1.54) is 11.3 Å². The van der Waals surface area contributed by atoms with Crippen molar-refractivity contribution in [2.24, 2.45) is 0 Å². The summed E-state index contributed by atoms with van der Waals surface area (Å²) < 4.78 is 13.7. The van der Waals surface area contributed by atoms with Gasteiger partial charge >= 0.3 is 6.03 Å². The fourth-order valence-electron chi connectivity index (χ4n) is 3.24. The molecule has 0 radical (unpaired) electrons. The maximum Gasteiger partial charge on any atom is 0.323 e. The number of hydrogen-bond acceptors (Lipinski definition) is 5. The normalized spacial score (nSPS) is 14.1. The number of pyridine rings is 1. The second kappa shape index (κ2) is 8.57. The smallest absolute Gasteiger partial charge is 0.323 e. The second-order valence-electron chi connectivity index (χ2n) is 6.98. The average molecular weight is 412 g/mol. The molecule has 1 saturated heterocycles. The lowest BCUT2D eigenvalue weighted by atomic mass is 10.1. The van der Waals surface area contributed by atoms with Crippen LogP contribution in [-0.4, -0.2) is 47.1 Å². The predicted octanol–water partition coefficient (Wildman–Crippen LogP) is 3.93. The zero-order valence-electron chi connectivity index (χ0n) is 16.1. The van der Waals surface area contributed by atoms with Gasteiger partial charge in [0.05, 0.1) is 0 Å². The molecule has 3 heterocycles. The fourth-order valence-corrected chi connectivity index (χ4v) is 4.08. The van der Waals surface area contributed by atoms with Gasteiger partial charge in [-0.1, -0.05) is 18.2 Å². The van der Waals surface area contributed by atoms with Crippen LogP contribution in [0.15, 0.2) is 48.8 Å². The van der Waals surface area contributed by atoms with Gasteiger partial charge in [-0.15, -0.1) is 11.3 Å². The van der Waals surface area contributed by atoms with Gasteiger partial charge in [0.1, 0.15) is 11.6 Å². The third-order valence-electron chi connectivity index (χ3n) is 4.92. The molecule has 0 atom stereocenters. The van der Waals surface area contributed by atoms with Crippen LogP contribution in [0.25, 0.3) is 0 Å². The van der Waals surface area contributed by atoms with Crippen molar-refractivity contribution in [3.63, 3.8) is 0 Å². The molecular formula is C21H22FN5OS. The third kappa shape index (κ3) is 4.71. The quantitative estimate of drug-likeness (QED) is 0.707. The molecule has 0 aliphatic carbocycles. The van der Waals surface area contributed by atoms with Crippen molar-refractivity contribution in [2.75, 3.05) is 36.4 Å². The molecule has 0 bridgehead atoms. The standard InChI is InChI=1S/C21H22FN5OS/c1-15-5-6-16(13-18(15)22)12-17-14-24-20(29-17)25-21(28)27-10-8-26(9-11-27)19-4-2-3-7-23-19/h2-7,13-14H,8-12H2,1H3,(H,24,25,28). The topological polar surface area (TPSA) is 61.4 Å². The van der Waals surface area contributed by atoms with Crippen LogP contribution in [0.3, 0.4) is 0 Å². The summed E-state index contributed by atoms with van der Waals surface area (Å²) in [6.07, 6.45) is 4.10. The van der Waals surface area contributed by atoms with Crippen molar-refractivity contribution >= 4 is 28.3 Å². The van der Waals surface area contributed by atoms with Crippen LogP contribution < -0.4 is 10.2 Å². The molecule has 8 heteroatoms. The number of piperazine rings is 1. The van der Waals surface area contributed by atoms with Crippen LogP contribution in [0.1, 0.15) is 16.0 Å². The number of halogens is 1. The number of anilines is 2. The van der Waals surface area contributed by atoms with Crippen molar-refractivity contribution in [1.29, 1.82) is 0 Å². The number of urea groups is 1. The highest BCUT2D eigenvalue weighted by atomic mass is 32.1. The molecule has 0 saturated carbocycles. The molecule has 3 aromatic rings. The minimum Gasteiger partial charge on any atom is -0.353 e. The Bertz CT molecular complexity index is 986. The zero-order valence-corrected chi connectivity index (χ0v) is 17.0. The van der Waals surface area contributed by atoms with E-state index in [1.54, 1.807) is 36.4 Å². The van der Waals surface area contributed by atoms with Gasteiger partial charge in [0, 0.05) is 49.9 Å². The molecule has 0 spiro atoms. The molecular weight excluding hydrogens is 389 g/mol. The fraction of sp³-hybridized carbons (Fsp3) is 0.286. The lowest BCUT2D eigenvalue weighted by Gasteiger charge is -2.35. The lowest BCUT2D eigenvalue weighted by molar-refractivity contribution is 0.208. The first-order valence-electron chi connectivity index (χ1n) is 9.50. The summed E-state index contributed by atoms with van der Waals surface area (Å²) in [4.78, 5) is 26.2. The van der Waals surface area contributed by atoms with Crippen molar-refractivity contribution < 1.29 is 9.18 Å². The van der Waals surface area contributed by atoms with Gasteiger partial charge in [-0.2, -0.15) is 0 Å². The number of thiazole rings is 1. The highest BCUT2D eigenvalue weighted by Gasteiger charge is 2.22.